The summed E-state index contributed by atoms with van der Waals surface area (Å²) in [6.45, 7) is 7.26. The lowest BCUT2D eigenvalue weighted by Gasteiger charge is -2.26. The molecule has 4 aromatic rings. The van der Waals surface area contributed by atoms with Crippen LogP contribution in [0, 0.1) is 12.8 Å². The Morgan fingerprint density at radius 2 is 1.77 bits per heavy atom. The highest BCUT2D eigenvalue weighted by molar-refractivity contribution is 5.98. The molecular formula is C33H38N8O6. The average molecular weight is 643 g/mol. The lowest BCUT2D eigenvalue weighted by molar-refractivity contribution is -0.131. The van der Waals surface area contributed by atoms with E-state index in [4.69, 9.17) is 9.15 Å². The molecule has 4 amide bonds. The summed E-state index contributed by atoms with van der Waals surface area (Å²) in [5.74, 6) is -0.589. The molecule has 2 bridgehead atoms. The second-order valence-corrected chi connectivity index (χ2v) is 11.6. The molecule has 0 saturated heterocycles. The maximum atomic E-state index is 13.8. The number of nitrogens with zero attached hydrogens (tertiary/aromatic N) is 4. The quantitative estimate of drug-likeness (QED) is 0.259. The van der Waals surface area contributed by atoms with Crippen LogP contribution in [0.15, 0.2) is 65.4 Å². The van der Waals surface area contributed by atoms with Crippen molar-refractivity contribution in [2.45, 2.75) is 58.8 Å². The summed E-state index contributed by atoms with van der Waals surface area (Å²) in [6, 6.07) is 13.7. The van der Waals surface area contributed by atoms with Crippen LogP contribution in [0.5, 0.6) is 5.75 Å². The van der Waals surface area contributed by atoms with Crippen LogP contribution in [0.3, 0.4) is 0 Å². The van der Waals surface area contributed by atoms with Crippen molar-refractivity contribution >= 4 is 23.6 Å². The van der Waals surface area contributed by atoms with Crippen molar-refractivity contribution in [1.29, 1.82) is 0 Å². The van der Waals surface area contributed by atoms with Gasteiger partial charge in [-0.1, -0.05) is 56.3 Å². The summed E-state index contributed by atoms with van der Waals surface area (Å²) in [4.78, 5) is 62.1. The van der Waals surface area contributed by atoms with Gasteiger partial charge in [0.25, 0.3) is 5.91 Å². The highest BCUT2D eigenvalue weighted by atomic mass is 16.5. The van der Waals surface area contributed by atoms with Crippen LogP contribution in [-0.2, 0) is 27.3 Å². The van der Waals surface area contributed by atoms with E-state index >= 15 is 0 Å². The maximum Gasteiger partial charge on any atom is 0.274 e. The molecule has 6 rings (SSSR count). The lowest BCUT2D eigenvalue weighted by atomic mass is 10.0. The van der Waals surface area contributed by atoms with Crippen molar-refractivity contribution in [3.05, 3.63) is 83.8 Å². The topological polar surface area (TPSA) is 182 Å². The minimum atomic E-state index is -1.05. The Morgan fingerprint density at radius 1 is 1.02 bits per heavy atom. The van der Waals surface area contributed by atoms with Crippen LogP contribution in [-0.4, -0.2) is 68.6 Å². The molecule has 2 aliphatic heterocycles. The van der Waals surface area contributed by atoms with E-state index in [-0.39, 0.29) is 43.6 Å². The standard InChI is InChI=1S/C33H38N8O6/c1-19(2)27-32(44)36-20(3)30-39-29(23-8-6-5-7-9-23)40-41(30)17-26(42)34-14-15-46-24-12-10-22(11-13-24)16-25(31(43)38-27)37-33(45)28-21(4)47-18-35-28/h5-13,18-20,25,27H,14-17H2,1-4H3,(H,34,42)(H,36,44)(H,37,45)(H,38,43)/t20-,25-,27+/m0/s1. The largest absolute Gasteiger partial charge is 0.492 e. The molecule has 47 heavy (non-hydrogen) atoms. The summed E-state index contributed by atoms with van der Waals surface area (Å²) in [7, 11) is 0. The van der Waals surface area contributed by atoms with E-state index in [1.54, 1.807) is 52.0 Å². The van der Waals surface area contributed by atoms with Gasteiger partial charge in [-0.15, -0.1) is 0 Å². The Labute approximate surface area is 271 Å². The first-order valence-electron chi connectivity index (χ1n) is 15.4. The van der Waals surface area contributed by atoms with Gasteiger partial charge in [0.05, 0.1) is 12.6 Å². The molecule has 14 heteroatoms. The Morgan fingerprint density at radius 3 is 2.45 bits per heavy atom. The zero-order valence-corrected chi connectivity index (χ0v) is 26.6. The molecule has 14 nitrogen and oxygen atoms in total. The first-order valence-corrected chi connectivity index (χ1v) is 15.4. The molecule has 0 fully saturated rings. The fourth-order valence-corrected chi connectivity index (χ4v) is 5.12. The number of aromatic nitrogens is 4. The third kappa shape index (κ3) is 8.20. The van der Waals surface area contributed by atoms with Gasteiger partial charge < -0.3 is 30.4 Å². The zero-order valence-electron chi connectivity index (χ0n) is 26.6. The smallest absolute Gasteiger partial charge is 0.274 e. The van der Waals surface area contributed by atoms with Crippen molar-refractivity contribution in [3.63, 3.8) is 0 Å². The number of amides is 4. The molecule has 3 atom stereocenters. The third-order valence-corrected chi connectivity index (χ3v) is 7.66. The van der Waals surface area contributed by atoms with Gasteiger partial charge in [0, 0.05) is 12.0 Å². The second-order valence-electron chi connectivity index (χ2n) is 11.6. The number of oxazole rings is 1. The van der Waals surface area contributed by atoms with Crippen LogP contribution in [0.1, 0.15) is 54.4 Å². The number of carbonyl (C=O) groups excluding carboxylic acids is 4. The predicted octanol–water partition coefficient (Wildman–Crippen LogP) is 2.11. The lowest BCUT2D eigenvalue weighted by Crippen LogP contribution is -2.56. The summed E-state index contributed by atoms with van der Waals surface area (Å²) >= 11 is 0. The van der Waals surface area contributed by atoms with Gasteiger partial charge in [0.2, 0.25) is 17.7 Å². The van der Waals surface area contributed by atoms with Gasteiger partial charge in [0.15, 0.2) is 17.9 Å². The Balaban J connectivity index is 1.45. The van der Waals surface area contributed by atoms with Crippen LogP contribution >= 0.6 is 0 Å². The van der Waals surface area contributed by atoms with Gasteiger partial charge in [-0.2, -0.15) is 5.10 Å². The molecular weight excluding hydrogens is 604 g/mol. The van der Waals surface area contributed by atoms with Crippen LogP contribution in [0.2, 0.25) is 0 Å². The van der Waals surface area contributed by atoms with E-state index in [9.17, 15) is 19.2 Å². The van der Waals surface area contributed by atoms with Gasteiger partial charge in [-0.25, -0.2) is 14.6 Å². The van der Waals surface area contributed by atoms with E-state index in [1.807, 2.05) is 30.3 Å². The SMILES string of the molecule is Cc1ocnc1C(=O)N[C@H]1Cc2ccc(cc2)OCCNC(=O)Cn2nc(-c3ccccc3)nc2[C@H](C)NC(=O)[C@@H](C(C)C)NC1=O. The minimum absolute atomic E-state index is 0.0611. The fraction of sp³-hybridized carbons (Fsp3) is 0.364. The van der Waals surface area contributed by atoms with E-state index in [0.717, 1.165) is 17.5 Å². The Hall–Kier alpha value is -5.53. The van der Waals surface area contributed by atoms with E-state index in [2.05, 4.69) is 36.3 Å². The highest BCUT2D eigenvalue weighted by Gasteiger charge is 2.32. The molecule has 2 aliphatic rings. The summed E-state index contributed by atoms with van der Waals surface area (Å²) in [5, 5.41) is 15.9. The van der Waals surface area contributed by atoms with Crippen molar-refractivity contribution in [2.24, 2.45) is 5.92 Å². The first-order chi connectivity index (χ1) is 22.6. The Kier molecular flexibility index (Phi) is 10.3. The predicted molar refractivity (Wildman–Crippen MR) is 170 cm³/mol. The van der Waals surface area contributed by atoms with E-state index in [1.165, 1.54) is 4.68 Å². The molecule has 0 radical (unpaired) electrons. The summed E-state index contributed by atoms with van der Waals surface area (Å²) in [6.07, 6.45) is 1.28. The molecule has 0 aliphatic carbocycles. The van der Waals surface area contributed by atoms with Crippen LogP contribution in [0.25, 0.3) is 11.4 Å². The third-order valence-electron chi connectivity index (χ3n) is 7.66. The van der Waals surface area contributed by atoms with E-state index in [0.29, 0.717) is 23.2 Å². The number of hydrogen-bond acceptors (Lipinski definition) is 9. The first kappa shape index (κ1) is 32.9. The number of benzene rings is 2. The monoisotopic (exact) mass is 642 g/mol. The molecule has 0 unspecified atom stereocenters. The normalized spacial score (nSPS) is 19.6. The van der Waals surface area contributed by atoms with Gasteiger partial charge in [0.1, 0.15) is 42.6 Å². The van der Waals surface area contributed by atoms with Gasteiger partial charge in [-0.3, -0.25) is 19.2 Å². The fourth-order valence-electron chi connectivity index (χ4n) is 5.12. The van der Waals surface area contributed by atoms with Crippen molar-refractivity contribution in [2.75, 3.05) is 13.2 Å². The average Bonchev–Trinajstić information content (AvgIpc) is 3.68. The molecule has 2 aromatic carbocycles. The number of ether oxygens (including phenoxy) is 1. The van der Waals surface area contributed by atoms with Crippen LogP contribution < -0.4 is 26.0 Å². The molecule has 0 spiro atoms. The zero-order chi connectivity index (χ0) is 33.5. The summed E-state index contributed by atoms with van der Waals surface area (Å²) < 4.78 is 12.4. The number of rotatable bonds is 4. The Bertz CT molecular complexity index is 1720. The molecule has 0 saturated carbocycles. The molecule has 246 valence electrons. The van der Waals surface area contributed by atoms with Crippen LogP contribution in [0.4, 0.5) is 0 Å². The second kappa shape index (κ2) is 14.7. The van der Waals surface area contributed by atoms with Crippen molar-refractivity contribution < 1.29 is 28.3 Å². The molecule has 2 aromatic heterocycles. The van der Waals surface area contributed by atoms with Gasteiger partial charge in [-0.05, 0) is 37.5 Å². The maximum absolute atomic E-state index is 13.8. The number of carbonyl (C=O) groups is 4. The van der Waals surface area contributed by atoms with Crippen molar-refractivity contribution in [3.8, 4) is 17.1 Å². The molecule has 4 heterocycles. The number of aryl methyl sites for hydroxylation is 1. The van der Waals surface area contributed by atoms with Gasteiger partial charge >= 0.3 is 0 Å². The van der Waals surface area contributed by atoms with E-state index < -0.39 is 35.8 Å². The number of hydrogen-bond donors (Lipinski definition) is 4. The highest BCUT2D eigenvalue weighted by Crippen LogP contribution is 2.20. The van der Waals surface area contributed by atoms with Crippen molar-refractivity contribution in [1.82, 2.24) is 41.0 Å². The number of fused-ring (bicyclic) bond motifs is 14. The molecule has 4 N–H and O–H groups in total. The number of nitrogens with one attached hydrogen (secondary N) is 4. The minimum Gasteiger partial charge on any atom is -0.492 e. The summed E-state index contributed by atoms with van der Waals surface area (Å²) in [5.41, 5.74) is 1.55.